The maximum atomic E-state index is 12.3. The molecule has 1 amide bonds. The van der Waals surface area contributed by atoms with Crippen LogP contribution in [0.3, 0.4) is 0 Å². The zero-order valence-electron chi connectivity index (χ0n) is 14.6. The molecular formula is C18H25BrN2O3S. The number of ether oxygens (including phenoxy) is 2. The Hall–Kier alpha value is -1.18. The van der Waals surface area contributed by atoms with Crippen LogP contribution in [0.15, 0.2) is 22.7 Å². The van der Waals surface area contributed by atoms with E-state index >= 15 is 0 Å². The minimum Gasteiger partial charge on any atom is -0.492 e. The van der Waals surface area contributed by atoms with Crippen LogP contribution < -0.4 is 15.4 Å². The highest BCUT2D eigenvalue weighted by molar-refractivity contribution is 9.10. The average molecular weight is 429 g/mol. The summed E-state index contributed by atoms with van der Waals surface area (Å²) >= 11 is 8.62. The van der Waals surface area contributed by atoms with Crippen LogP contribution >= 0.6 is 28.1 Å². The van der Waals surface area contributed by atoms with Crippen LogP contribution in [0.1, 0.15) is 43.5 Å². The molecule has 1 saturated heterocycles. The molecule has 7 heteroatoms. The molecule has 0 bridgehead atoms. The smallest absolute Gasteiger partial charge is 0.257 e. The van der Waals surface area contributed by atoms with Gasteiger partial charge in [-0.05, 0) is 71.5 Å². The van der Waals surface area contributed by atoms with Gasteiger partial charge in [0.1, 0.15) is 5.75 Å². The largest absolute Gasteiger partial charge is 0.492 e. The molecule has 1 fully saturated rings. The topological polar surface area (TPSA) is 59.6 Å². The van der Waals surface area contributed by atoms with Gasteiger partial charge in [0.25, 0.3) is 5.91 Å². The second kappa shape index (κ2) is 10.1. The van der Waals surface area contributed by atoms with Crippen molar-refractivity contribution >= 4 is 39.2 Å². The highest BCUT2D eigenvalue weighted by Gasteiger charge is 2.16. The standard InChI is InChI=1S/C18H25BrN2O3S/c1-12(2)7-9-24-16-6-5-13(10-15(16)19)17(22)21-18(25)20-11-14-4-3-8-23-14/h5-6,10,12,14H,3-4,7-9,11H2,1-2H3,(H2,20,21,22,25). The fraction of sp³-hybridized carbons (Fsp3) is 0.556. The summed E-state index contributed by atoms with van der Waals surface area (Å²) < 4.78 is 12.0. The summed E-state index contributed by atoms with van der Waals surface area (Å²) in [7, 11) is 0. The molecule has 1 aliphatic heterocycles. The van der Waals surface area contributed by atoms with Gasteiger partial charge in [-0.1, -0.05) is 13.8 Å². The van der Waals surface area contributed by atoms with Crippen molar-refractivity contribution < 1.29 is 14.3 Å². The van der Waals surface area contributed by atoms with Crippen molar-refractivity contribution in [2.75, 3.05) is 19.8 Å². The summed E-state index contributed by atoms with van der Waals surface area (Å²) in [5, 5.41) is 6.03. The Labute approximate surface area is 163 Å². The molecule has 1 heterocycles. The predicted octanol–water partition coefficient (Wildman–Crippen LogP) is 3.66. The molecule has 1 unspecified atom stereocenters. The Morgan fingerprint density at radius 1 is 1.48 bits per heavy atom. The summed E-state index contributed by atoms with van der Waals surface area (Å²) in [4.78, 5) is 12.3. The molecule has 1 aromatic carbocycles. The van der Waals surface area contributed by atoms with Crippen LogP contribution in [-0.2, 0) is 4.74 Å². The number of hydrogen-bond donors (Lipinski definition) is 2. The number of benzene rings is 1. The zero-order valence-corrected chi connectivity index (χ0v) is 17.0. The number of nitrogens with one attached hydrogen (secondary N) is 2. The number of rotatable bonds is 7. The molecule has 25 heavy (non-hydrogen) atoms. The fourth-order valence-corrected chi connectivity index (χ4v) is 3.06. The average Bonchev–Trinajstić information content (AvgIpc) is 3.07. The first-order chi connectivity index (χ1) is 12.0. The van der Waals surface area contributed by atoms with Crippen LogP contribution in [0.25, 0.3) is 0 Å². The van der Waals surface area contributed by atoms with Gasteiger partial charge in [-0.2, -0.15) is 0 Å². The molecule has 0 saturated carbocycles. The van der Waals surface area contributed by atoms with Gasteiger partial charge in [0, 0.05) is 18.7 Å². The minimum absolute atomic E-state index is 0.172. The third-order valence-corrected chi connectivity index (χ3v) is 4.75. The van der Waals surface area contributed by atoms with Gasteiger partial charge in [-0.15, -0.1) is 0 Å². The van der Waals surface area contributed by atoms with E-state index in [0.29, 0.717) is 29.7 Å². The molecule has 0 aliphatic carbocycles. The molecule has 1 atom stereocenters. The van der Waals surface area contributed by atoms with E-state index in [1.807, 2.05) is 0 Å². The highest BCUT2D eigenvalue weighted by atomic mass is 79.9. The highest BCUT2D eigenvalue weighted by Crippen LogP contribution is 2.26. The van der Waals surface area contributed by atoms with E-state index in [2.05, 4.69) is 40.4 Å². The van der Waals surface area contributed by atoms with Gasteiger partial charge in [-0.25, -0.2) is 0 Å². The lowest BCUT2D eigenvalue weighted by molar-refractivity contribution is 0.0973. The van der Waals surface area contributed by atoms with Crippen molar-refractivity contribution in [2.24, 2.45) is 5.92 Å². The van der Waals surface area contributed by atoms with E-state index in [4.69, 9.17) is 21.7 Å². The van der Waals surface area contributed by atoms with E-state index in [9.17, 15) is 4.79 Å². The van der Waals surface area contributed by atoms with Crippen LogP contribution in [0.2, 0.25) is 0 Å². The molecule has 5 nitrogen and oxygen atoms in total. The molecule has 0 spiro atoms. The number of carbonyl (C=O) groups is 1. The van der Waals surface area contributed by atoms with Gasteiger partial charge in [0.05, 0.1) is 17.2 Å². The first-order valence-corrected chi connectivity index (χ1v) is 9.79. The molecular weight excluding hydrogens is 404 g/mol. The van der Waals surface area contributed by atoms with Crippen molar-refractivity contribution in [1.82, 2.24) is 10.6 Å². The lowest BCUT2D eigenvalue weighted by Gasteiger charge is -2.14. The summed E-state index contributed by atoms with van der Waals surface area (Å²) in [5.74, 6) is 1.07. The van der Waals surface area contributed by atoms with Crippen molar-refractivity contribution in [1.29, 1.82) is 0 Å². The van der Waals surface area contributed by atoms with E-state index in [1.54, 1.807) is 18.2 Å². The zero-order chi connectivity index (χ0) is 18.2. The molecule has 0 radical (unpaired) electrons. The number of carbonyl (C=O) groups excluding carboxylic acids is 1. The van der Waals surface area contributed by atoms with Crippen molar-refractivity contribution in [3.63, 3.8) is 0 Å². The quantitative estimate of drug-likeness (QED) is 0.648. The third kappa shape index (κ3) is 6.92. The fourth-order valence-electron chi connectivity index (χ4n) is 2.40. The Morgan fingerprint density at radius 3 is 2.92 bits per heavy atom. The maximum Gasteiger partial charge on any atom is 0.257 e. The molecule has 1 aliphatic rings. The summed E-state index contributed by atoms with van der Waals surface area (Å²) in [6.45, 7) is 6.37. The van der Waals surface area contributed by atoms with Gasteiger partial charge in [0.2, 0.25) is 0 Å². The van der Waals surface area contributed by atoms with Crippen LogP contribution in [-0.4, -0.2) is 36.9 Å². The van der Waals surface area contributed by atoms with Gasteiger partial charge < -0.3 is 14.8 Å². The number of thiocarbonyl (C=S) groups is 1. The molecule has 2 rings (SSSR count). The summed E-state index contributed by atoms with van der Waals surface area (Å²) in [5.41, 5.74) is 0.518. The predicted molar refractivity (Wildman–Crippen MR) is 106 cm³/mol. The Kier molecular flexibility index (Phi) is 8.12. The first kappa shape index (κ1) is 20.1. The lowest BCUT2D eigenvalue weighted by atomic mass is 10.1. The number of hydrogen-bond acceptors (Lipinski definition) is 4. The third-order valence-electron chi connectivity index (χ3n) is 3.89. The van der Waals surface area contributed by atoms with Crippen LogP contribution in [0.5, 0.6) is 5.75 Å². The Morgan fingerprint density at radius 2 is 2.28 bits per heavy atom. The van der Waals surface area contributed by atoms with Gasteiger partial charge in [0.15, 0.2) is 5.11 Å². The summed E-state index contributed by atoms with van der Waals surface area (Å²) in [6.07, 6.45) is 3.25. The van der Waals surface area contributed by atoms with Crippen molar-refractivity contribution in [3.8, 4) is 5.75 Å². The van der Waals surface area contributed by atoms with Crippen LogP contribution in [0.4, 0.5) is 0 Å². The second-order valence-electron chi connectivity index (χ2n) is 6.48. The van der Waals surface area contributed by atoms with E-state index in [1.165, 1.54) is 0 Å². The first-order valence-electron chi connectivity index (χ1n) is 8.59. The molecule has 2 N–H and O–H groups in total. The summed E-state index contributed by atoms with van der Waals surface area (Å²) in [6, 6.07) is 5.26. The van der Waals surface area contributed by atoms with Crippen LogP contribution in [0, 0.1) is 5.92 Å². The second-order valence-corrected chi connectivity index (χ2v) is 7.74. The minimum atomic E-state index is -0.251. The SMILES string of the molecule is CC(C)CCOc1ccc(C(=O)NC(=S)NCC2CCCO2)cc1Br. The monoisotopic (exact) mass is 428 g/mol. The molecule has 138 valence electrons. The number of amides is 1. The van der Waals surface area contributed by atoms with E-state index in [-0.39, 0.29) is 12.0 Å². The lowest BCUT2D eigenvalue weighted by Crippen LogP contribution is -2.42. The molecule has 1 aromatic rings. The maximum absolute atomic E-state index is 12.3. The Balaban J connectivity index is 1.82. The van der Waals surface area contributed by atoms with E-state index < -0.39 is 0 Å². The van der Waals surface area contributed by atoms with Crippen molar-refractivity contribution in [2.45, 2.75) is 39.2 Å². The molecule has 0 aromatic heterocycles. The van der Waals surface area contributed by atoms with Gasteiger partial charge >= 0.3 is 0 Å². The normalized spacial score (nSPS) is 16.7. The van der Waals surface area contributed by atoms with Crippen molar-refractivity contribution in [3.05, 3.63) is 28.2 Å². The van der Waals surface area contributed by atoms with Gasteiger partial charge in [-0.3, -0.25) is 10.1 Å². The Bertz CT molecular complexity index is 604. The number of halogens is 1. The van der Waals surface area contributed by atoms with E-state index in [0.717, 1.165) is 36.1 Å².